The van der Waals surface area contributed by atoms with Crippen LogP contribution in [-0.2, 0) is 19.1 Å². The van der Waals surface area contributed by atoms with Crippen molar-refractivity contribution in [3.8, 4) is 0 Å². The van der Waals surface area contributed by atoms with Gasteiger partial charge in [0, 0.05) is 13.1 Å². The summed E-state index contributed by atoms with van der Waals surface area (Å²) in [5.41, 5.74) is -0.645. The first kappa shape index (κ1) is 17.3. The standard InChI is InChI=1S/C14H23NO6/c1-5-20-12(18)9-6-7-15(8-10(9)11(16)17)13(19)21-14(2,3)4/h9-10H,5-8H2,1-4H3,(H,16,17)/t9-,10-/m1/s1. The first-order valence-electron chi connectivity index (χ1n) is 7.03. The SMILES string of the molecule is CCOC(=O)[C@@H]1CCN(C(=O)OC(C)(C)C)C[C@H]1C(=O)O. The number of ether oxygens (including phenoxy) is 2. The van der Waals surface area contributed by atoms with Crippen LogP contribution in [0.2, 0.25) is 0 Å². The minimum Gasteiger partial charge on any atom is -0.481 e. The van der Waals surface area contributed by atoms with Crippen LogP contribution < -0.4 is 0 Å². The Bertz CT molecular complexity index is 414. The summed E-state index contributed by atoms with van der Waals surface area (Å²) in [5.74, 6) is -3.32. The highest BCUT2D eigenvalue weighted by atomic mass is 16.6. The first-order chi connectivity index (χ1) is 9.65. The Balaban J connectivity index is 2.75. The predicted octanol–water partition coefficient (Wildman–Crippen LogP) is 1.51. The number of aliphatic carboxylic acids is 1. The van der Waals surface area contributed by atoms with Crippen molar-refractivity contribution < 1.29 is 29.0 Å². The Kier molecular flexibility index (Phi) is 5.57. The van der Waals surface area contributed by atoms with Gasteiger partial charge in [-0.2, -0.15) is 0 Å². The van der Waals surface area contributed by atoms with Gasteiger partial charge in [-0.1, -0.05) is 0 Å². The number of hydrogen-bond acceptors (Lipinski definition) is 5. The van der Waals surface area contributed by atoms with Crippen LogP contribution in [0.15, 0.2) is 0 Å². The Morgan fingerprint density at radius 3 is 2.33 bits per heavy atom. The number of carbonyl (C=O) groups excluding carboxylic acids is 2. The first-order valence-corrected chi connectivity index (χ1v) is 7.03. The largest absolute Gasteiger partial charge is 0.481 e. The highest BCUT2D eigenvalue weighted by Crippen LogP contribution is 2.26. The van der Waals surface area contributed by atoms with Crippen molar-refractivity contribution in [2.45, 2.75) is 39.7 Å². The average molecular weight is 301 g/mol. The molecule has 0 radical (unpaired) electrons. The maximum atomic E-state index is 12.0. The van der Waals surface area contributed by atoms with Crippen molar-refractivity contribution in [2.75, 3.05) is 19.7 Å². The Labute approximate surface area is 124 Å². The molecule has 0 aromatic heterocycles. The summed E-state index contributed by atoms with van der Waals surface area (Å²) in [6.07, 6.45) is -0.300. The average Bonchev–Trinajstić information content (AvgIpc) is 2.36. The third-order valence-corrected chi connectivity index (χ3v) is 3.17. The summed E-state index contributed by atoms with van der Waals surface area (Å²) in [6.45, 7) is 7.33. The van der Waals surface area contributed by atoms with Crippen molar-refractivity contribution in [2.24, 2.45) is 11.8 Å². The third-order valence-electron chi connectivity index (χ3n) is 3.17. The smallest absolute Gasteiger partial charge is 0.410 e. The van der Waals surface area contributed by atoms with Crippen LogP contribution in [0.3, 0.4) is 0 Å². The van der Waals surface area contributed by atoms with E-state index in [-0.39, 0.29) is 26.1 Å². The number of carboxylic acid groups (broad SMARTS) is 1. The Hall–Kier alpha value is -1.79. The second kappa shape index (κ2) is 6.78. The van der Waals surface area contributed by atoms with Gasteiger partial charge in [0.15, 0.2) is 0 Å². The molecule has 1 amide bonds. The summed E-state index contributed by atoms with van der Waals surface area (Å²) in [5, 5.41) is 9.27. The monoisotopic (exact) mass is 301 g/mol. The molecule has 1 heterocycles. The van der Waals surface area contributed by atoms with Gasteiger partial charge < -0.3 is 19.5 Å². The maximum Gasteiger partial charge on any atom is 0.410 e. The van der Waals surface area contributed by atoms with E-state index >= 15 is 0 Å². The highest BCUT2D eigenvalue weighted by Gasteiger charge is 2.41. The molecule has 1 saturated heterocycles. The topological polar surface area (TPSA) is 93.1 Å². The van der Waals surface area contributed by atoms with E-state index in [9.17, 15) is 19.5 Å². The van der Waals surface area contributed by atoms with Crippen LogP contribution in [-0.4, -0.2) is 53.3 Å². The zero-order chi connectivity index (χ0) is 16.2. The molecular weight excluding hydrogens is 278 g/mol. The molecule has 1 rings (SSSR count). The molecule has 21 heavy (non-hydrogen) atoms. The van der Waals surface area contributed by atoms with E-state index in [4.69, 9.17) is 9.47 Å². The highest BCUT2D eigenvalue weighted by molar-refractivity contribution is 5.82. The Morgan fingerprint density at radius 1 is 1.24 bits per heavy atom. The fraction of sp³-hybridized carbons (Fsp3) is 0.786. The fourth-order valence-electron chi connectivity index (χ4n) is 2.23. The second-order valence-electron chi connectivity index (χ2n) is 6.02. The second-order valence-corrected chi connectivity index (χ2v) is 6.02. The number of carbonyl (C=O) groups is 3. The molecule has 0 aromatic rings. The van der Waals surface area contributed by atoms with Gasteiger partial charge in [-0.25, -0.2) is 4.79 Å². The number of hydrogen-bond donors (Lipinski definition) is 1. The van der Waals surface area contributed by atoms with Crippen LogP contribution in [0.5, 0.6) is 0 Å². The molecule has 120 valence electrons. The molecule has 1 N–H and O–H groups in total. The molecule has 0 aromatic carbocycles. The number of nitrogens with zero attached hydrogens (tertiary/aromatic N) is 1. The van der Waals surface area contributed by atoms with Crippen molar-refractivity contribution in [3.05, 3.63) is 0 Å². The number of amides is 1. The van der Waals surface area contributed by atoms with Gasteiger partial charge in [0.25, 0.3) is 0 Å². The molecular formula is C14H23NO6. The van der Waals surface area contributed by atoms with E-state index < -0.39 is 35.5 Å². The summed E-state index contributed by atoms with van der Waals surface area (Å²) in [6, 6.07) is 0. The summed E-state index contributed by atoms with van der Waals surface area (Å²) in [4.78, 5) is 36.5. The van der Waals surface area contributed by atoms with Crippen molar-refractivity contribution >= 4 is 18.0 Å². The molecule has 0 aliphatic carbocycles. The Morgan fingerprint density at radius 2 is 1.86 bits per heavy atom. The van der Waals surface area contributed by atoms with Gasteiger partial charge >= 0.3 is 18.0 Å². The number of likely N-dealkylation sites (tertiary alicyclic amines) is 1. The van der Waals surface area contributed by atoms with Gasteiger partial charge in [0.1, 0.15) is 5.60 Å². The number of esters is 1. The van der Waals surface area contributed by atoms with E-state index in [1.165, 1.54) is 4.90 Å². The van der Waals surface area contributed by atoms with Crippen molar-refractivity contribution in [1.29, 1.82) is 0 Å². The lowest BCUT2D eigenvalue weighted by Crippen LogP contribution is -2.50. The van der Waals surface area contributed by atoms with E-state index in [0.717, 1.165) is 0 Å². The summed E-state index contributed by atoms with van der Waals surface area (Å²) < 4.78 is 10.1. The lowest BCUT2D eigenvalue weighted by atomic mass is 9.85. The molecule has 7 nitrogen and oxygen atoms in total. The molecule has 7 heteroatoms. The van der Waals surface area contributed by atoms with Gasteiger partial charge in [-0.05, 0) is 34.1 Å². The number of piperidine rings is 1. The van der Waals surface area contributed by atoms with Crippen LogP contribution in [0.25, 0.3) is 0 Å². The molecule has 2 atom stereocenters. The van der Waals surface area contributed by atoms with Crippen molar-refractivity contribution in [1.82, 2.24) is 4.90 Å². The van der Waals surface area contributed by atoms with E-state index in [1.54, 1.807) is 27.7 Å². The van der Waals surface area contributed by atoms with Crippen LogP contribution in [0, 0.1) is 11.8 Å². The summed E-state index contributed by atoms with van der Waals surface area (Å²) >= 11 is 0. The van der Waals surface area contributed by atoms with E-state index in [2.05, 4.69) is 0 Å². The van der Waals surface area contributed by atoms with E-state index in [0.29, 0.717) is 0 Å². The number of rotatable bonds is 3. The molecule has 0 spiro atoms. The third kappa shape index (κ3) is 4.91. The zero-order valence-corrected chi connectivity index (χ0v) is 12.9. The minimum absolute atomic E-state index is 0.0479. The van der Waals surface area contributed by atoms with Gasteiger partial charge in [0.05, 0.1) is 18.4 Å². The van der Waals surface area contributed by atoms with E-state index in [1.807, 2.05) is 0 Å². The minimum atomic E-state index is -1.11. The molecule has 0 unspecified atom stereocenters. The zero-order valence-electron chi connectivity index (χ0n) is 12.9. The normalized spacial score (nSPS) is 22.6. The summed E-state index contributed by atoms with van der Waals surface area (Å²) in [7, 11) is 0. The quantitative estimate of drug-likeness (QED) is 0.794. The lowest BCUT2D eigenvalue weighted by Gasteiger charge is -2.36. The molecule has 0 saturated carbocycles. The molecule has 1 aliphatic rings. The van der Waals surface area contributed by atoms with Crippen LogP contribution in [0.4, 0.5) is 4.79 Å². The van der Waals surface area contributed by atoms with Gasteiger partial charge in [-0.3, -0.25) is 9.59 Å². The molecule has 1 aliphatic heterocycles. The van der Waals surface area contributed by atoms with Gasteiger partial charge in [0.2, 0.25) is 0 Å². The molecule has 0 bridgehead atoms. The maximum absolute atomic E-state index is 12.0. The van der Waals surface area contributed by atoms with Crippen LogP contribution in [0.1, 0.15) is 34.1 Å². The fourth-order valence-corrected chi connectivity index (χ4v) is 2.23. The van der Waals surface area contributed by atoms with Gasteiger partial charge in [-0.15, -0.1) is 0 Å². The predicted molar refractivity (Wildman–Crippen MR) is 73.7 cm³/mol. The van der Waals surface area contributed by atoms with Crippen molar-refractivity contribution in [3.63, 3.8) is 0 Å². The lowest BCUT2D eigenvalue weighted by molar-refractivity contribution is -0.160. The van der Waals surface area contributed by atoms with Crippen LogP contribution >= 0.6 is 0 Å². The molecule has 1 fully saturated rings. The number of carboxylic acids is 1.